The van der Waals surface area contributed by atoms with Crippen LogP contribution in [0.5, 0.6) is 11.6 Å². The number of nitrogens with zero attached hydrogens (tertiary/aromatic N) is 1. The van der Waals surface area contributed by atoms with Crippen molar-refractivity contribution < 1.29 is 14.9 Å². The third-order valence-corrected chi connectivity index (χ3v) is 2.96. The van der Waals surface area contributed by atoms with Crippen LogP contribution in [0.1, 0.15) is 11.3 Å². The molecule has 1 aromatic carbocycles. The van der Waals surface area contributed by atoms with E-state index in [9.17, 15) is 0 Å². The first-order valence-corrected chi connectivity index (χ1v) is 6.25. The highest BCUT2D eigenvalue weighted by Gasteiger charge is 2.07. The van der Waals surface area contributed by atoms with E-state index in [1.54, 1.807) is 18.2 Å². The molecule has 0 atom stereocenters. The summed E-state index contributed by atoms with van der Waals surface area (Å²) in [5.74, 6) is 0.995. The van der Waals surface area contributed by atoms with Gasteiger partial charge in [-0.3, -0.25) is 0 Å². The molecule has 0 radical (unpaired) electrons. The molecule has 0 spiro atoms. The van der Waals surface area contributed by atoms with Gasteiger partial charge in [-0.15, -0.1) is 0 Å². The molecule has 0 fully saturated rings. The molecule has 0 saturated heterocycles. The SMILES string of the molecule is OCCc1ccccc1Oc1ccc(Cl)c(CO)n1. The lowest BCUT2D eigenvalue weighted by atomic mass is 10.1. The lowest BCUT2D eigenvalue weighted by molar-refractivity contribution is 0.275. The summed E-state index contributed by atoms with van der Waals surface area (Å²) in [7, 11) is 0. The van der Waals surface area contributed by atoms with Crippen molar-refractivity contribution in [2.45, 2.75) is 13.0 Å². The van der Waals surface area contributed by atoms with E-state index < -0.39 is 0 Å². The van der Waals surface area contributed by atoms with Crippen molar-refractivity contribution in [1.29, 1.82) is 0 Å². The Morgan fingerprint density at radius 3 is 2.63 bits per heavy atom. The van der Waals surface area contributed by atoms with Crippen LogP contribution in [0.25, 0.3) is 0 Å². The largest absolute Gasteiger partial charge is 0.439 e. The molecule has 4 nitrogen and oxygen atoms in total. The molecular weight excluding hydrogens is 266 g/mol. The number of hydrogen-bond donors (Lipinski definition) is 2. The molecule has 0 aliphatic carbocycles. The monoisotopic (exact) mass is 279 g/mol. The van der Waals surface area contributed by atoms with Crippen LogP contribution in [-0.4, -0.2) is 21.8 Å². The second-order valence-corrected chi connectivity index (χ2v) is 4.33. The fourth-order valence-electron chi connectivity index (χ4n) is 1.68. The summed E-state index contributed by atoms with van der Waals surface area (Å²) in [4.78, 5) is 4.12. The number of ether oxygens (including phenoxy) is 1. The molecular formula is C14H14ClNO3. The van der Waals surface area contributed by atoms with E-state index in [2.05, 4.69) is 4.98 Å². The average Bonchev–Trinajstić information content (AvgIpc) is 2.43. The van der Waals surface area contributed by atoms with Crippen molar-refractivity contribution in [2.75, 3.05) is 6.61 Å². The summed E-state index contributed by atoms with van der Waals surface area (Å²) in [6, 6.07) is 10.7. The summed E-state index contributed by atoms with van der Waals surface area (Å²) in [5, 5.41) is 18.5. The zero-order chi connectivity index (χ0) is 13.7. The number of benzene rings is 1. The molecule has 19 heavy (non-hydrogen) atoms. The van der Waals surface area contributed by atoms with Gasteiger partial charge in [0.15, 0.2) is 0 Å². The van der Waals surface area contributed by atoms with E-state index in [1.165, 1.54) is 0 Å². The number of aliphatic hydroxyl groups is 2. The Morgan fingerprint density at radius 2 is 1.89 bits per heavy atom. The topological polar surface area (TPSA) is 62.6 Å². The van der Waals surface area contributed by atoms with Gasteiger partial charge in [0.2, 0.25) is 5.88 Å². The summed E-state index contributed by atoms with van der Waals surface area (Å²) >= 11 is 5.87. The summed E-state index contributed by atoms with van der Waals surface area (Å²) in [6.07, 6.45) is 0.511. The van der Waals surface area contributed by atoms with Crippen LogP contribution < -0.4 is 4.74 Å². The van der Waals surface area contributed by atoms with E-state index >= 15 is 0 Å². The molecule has 5 heteroatoms. The minimum absolute atomic E-state index is 0.0519. The van der Waals surface area contributed by atoms with Crippen molar-refractivity contribution >= 4 is 11.6 Å². The van der Waals surface area contributed by atoms with Crippen molar-refractivity contribution in [1.82, 2.24) is 4.98 Å². The molecule has 0 aliphatic rings. The van der Waals surface area contributed by atoms with E-state index in [4.69, 9.17) is 26.6 Å². The van der Waals surface area contributed by atoms with Crippen LogP contribution in [0.2, 0.25) is 5.02 Å². The molecule has 1 aromatic heterocycles. The van der Waals surface area contributed by atoms with E-state index in [0.717, 1.165) is 5.56 Å². The standard InChI is InChI=1S/C14H14ClNO3/c15-11-5-6-14(16-12(11)9-18)19-13-4-2-1-3-10(13)7-8-17/h1-6,17-18H,7-9H2. The van der Waals surface area contributed by atoms with Gasteiger partial charge in [0.05, 0.1) is 17.3 Å². The van der Waals surface area contributed by atoms with Gasteiger partial charge in [0.25, 0.3) is 0 Å². The molecule has 0 aliphatic heterocycles. The van der Waals surface area contributed by atoms with Crippen LogP contribution >= 0.6 is 11.6 Å². The Balaban J connectivity index is 2.26. The maximum absolute atomic E-state index is 9.11. The van der Waals surface area contributed by atoms with Crippen LogP contribution in [0.15, 0.2) is 36.4 Å². The van der Waals surface area contributed by atoms with E-state index in [0.29, 0.717) is 28.8 Å². The van der Waals surface area contributed by atoms with Gasteiger partial charge >= 0.3 is 0 Å². The fraction of sp³-hybridized carbons (Fsp3) is 0.214. The zero-order valence-electron chi connectivity index (χ0n) is 10.2. The van der Waals surface area contributed by atoms with Gasteiger partial charge in [-0.25, -0.2) is 4.98 Å². The van der Waals surface area contributed by atoms with Crippen LogP contribution in [0.4, 0.5) is 0 Å². The Morgan fingerprint density at radius 1 is 1.11 bits per heavy atom. The van der Waals surface area contributed by atoms with Gasteiger partial charge in [-0.2, -0.15) is 0 Å². The van der Waals surface area contributed by atoms with Gasteiger partial charge in [0.1, 0.15) is 5.75 Å². The first kappa shape index (κ1) is 13.8. The number of para-hydroxylation sites is 1. The van der Waals surface area contributed by atoms with E-state index in [1.807, 2.05) is 18.2 Å². The lowest BCUT2D eigenvalue weighted by Gasteiger charge is -2.10. The minimum atomic E-state index is -0.242. The number of rotatable bonds is 5. The maximum atomic E-state index is 9.11. The summed E-state index contributed by atoms with van der Waals surface area (Å²) in [5.41, 5.74) is 1.27. The van der Waals surface area contributed by atoms with Gasteiger partial charge in [0, 0.05) is 12.7 Å². The predicted molar refractivity (Wildman–Crippen MR) is 72.5 cm³/mol. The smallest absolute Gasteiger partial charge is 0.219 e. The van der Waals surface area contributed by atoms with Crippen LogP contribution in [0.3, 0.4) is 0 Å². The highest BCUT2D eigenvalue weighted by Crippen LogP contribution is 2.26. The molecule has 0 unspecified atom stereocenters. The Kier molecular flexibility index (Phi) is 4.74. The van der Waals surface area contributed by atoms with Crippen LogP contribution in [-0.2, 0) is 13.0 Å². The molecule has 2 N–H and O–H groups in total. The Bertz CT molecular complexity index is 560. The van der Waals surface area contributed by atoms with Crippen molar-refractivity contribution in [3.63, 3.8) is 0 Å². The highest BCUT2D eigenvalue weighted by atomic mass is 35.5. The fourth-order valence-corrected chi connectivity index (χ4v) is 1.84. The number of halogens is 1. The average molecular weight is 280 g/mol. The number of aromatic nitrogens is 1. The van der Waals surface area contributed by atoms with E-state index in [-0.39, 0.29) is 13.2 Å². The second-order valence-electron chi connectivity index (χ2n) is 3.92. The predicted octanol–water partition coefficient (Wildman–Crippen LogP) is 2.55. The molecule has 2 aromatic rings. The van der Waals surface area contributed by atoms with Crippen molar-refractivity contribution in [3.05, 3.63) is 52.7 Å². The quantitative estimate of drug-likeness (QED) is 0.883. The van der Waals surface area contributed by atoms with Gasteiger partial charge in [-0.05, 0) is 24.1 Å². The third-order valence-electron chi connectivity index (χ3n) is 2.61. The molecule has 100 valence electrons. The lowest BCUT2D eigenvalue weighted by Crippen LogP contribution is -1.98. The van der Waals surface area contributed by atoms with Crippen molar-refractivity contribution in [3.8, 4) is 11.6 Å². The molecule has 0 amide bonds. The maximum Gasteiger partial charge on any atom is 0.219 e. The molecule has 0 saturated carbocycles. The molecule has 2 rings (SSSR count). The first-order chi connectivity index (χ1) is 9.24. The minimum Gasteiger partial charge on any atom is -0.439 e. The number of pyridine rings is 1. The first-order valence-electron chi connectivity index (χ1n) is 5.87. The van der Waals surface area contributed by atoms with Gasteiger partial charge in [-0.1, -0.05) is 29.8 Å². The Labute approximate surface area is 116 Å². The van der Waals surface area contributed by atoms with Crippen molar-refractivity contribution in [2.24, 2.45) is 0 Å². The third kappa shape index (κ3) is 3.44. The zero-order valence-corrected chi connectivity index (χ0v) is 11.0. The number of hydrogen-bond acceptors (Lipinski definition) is 4. The van der Waals surface area contributed by atoms with Gasteiger partial charge < -0.3 is 14.9 Å². The summed E-state index contributed by atoms with van der Waals surface area (Å²) in [6.45, 7) is -0.190. The molecule has 0 bridgehead atoms. The van der Waals surface area contributed by atoms with Crippen LogP contribution in [0, 0.1) is 0 Å². The second kappa shape index (κ2) is 6.52. The number of aliphatic hydroxyl groups excluding tert-OH is 2. The normalized spacial score (nSPS) is 10.5. The summed E-state index contributed by atoms with van der Waals surface area (Å²) < 4.78 is 5.67. The molecule has 1 heterocycles. The Hall–Kier alpha value is -1.62. The highest BCUT2D eigenvalue weighted by molar-refractivity contribution is 6.31.